The number of aromatic nitrogens is 4. The second kappa shape index (κ2) is 9.73. The van der Waals surface area contributed by atoms with Crippen LogP contribution in [0.4, 0.5) is 29.2 Å². The summed E-state index contributed by atoms with van der Waals surface area (Å²) >= 11 is 0. The van der Waals surface area contributed by atoms with Crippen LogP contribution in [0.5, 0.6) is 0 Å². The van der Waals surface area contributed by atoms with Gasteiger partial charge in [0, 0.05) is 36.3 Å². The summed E-state index contributed by atoms with van der Waals surface area (Å²) in [4.78, 5) is 38.1. The van der Waals surface area contributed by atoms with Gasteiger partial charge in [-0.05, 0) is 56.6 Å². The number of fused-ring (bicyclic) bond motifs is 1. The molecule has 1 aromatic carbocycles. The summed E-state index contributed by atoms with van der Waals surface area (Å²) in [5, 5.41) is 5.49. The number of nitrogens with two attached hydrogens (primary N) is 1. The molecule has 0 aliphatic carbocycles. The van der Waals surface area contributed by atoms with Crippen LogP contribution >= 0.6 is 0 Å². The van der Waals surface area contributed by atoms with E-state index in [0.717, 1.165) is 31.3 Å². The number of hydrogen-bond acceptors (Lipinski definition) is 7. The van der Waals surface area contributed by atoms with E-state index in [1.165, 1.54) is 25.3 Å². The number of halogens is 4. The molecule has 4 heterocycles. The van der Waals surface area contributed by atoms with Crippen molar-refractivity contribution >= 4 is 28.8 Å². The summed E-state index contributed by atoms with van der Waals surface area (Å²) in [7, 11) is 0. The molecule has 5 rings (SSSR count). The number of amides is 1. The smallest absolute Gasteiger partial charge is 0.382 e. The lowest BCUT2D eigenvalue weighted by atomic mass is 9.76. The first kappa shape index (κ1) is 26.2. The molecule has 39 heavy (non-hydrogen) atoms. The fourth-order valence-electron chi connectivity index (χ4n) is 4.86. The summed E-state index contributed by atoms with van der Waals surface area (Å²) in [6.07, 6.45) is 0.654. The van der Waals surface area contributed by atoms with Gasteiger partial charge in [-0.15, -0.1) is 0 Å². The molecule has 0 saturated carbocycles. The number of benzene rings is 1. The van der Waals surface area contributed by atoms with Crippen molar-refractivity contribution < 1.29 is 27.2 Å². The first-order chi connectivity index (χ1) is 18.5. The number of piperidine rings is 1. The topological polar surface area (TPSA) is 127 Å². The van der Waals surface area contributed by atoms with Crippen molar-refractivity contribution in [3.63, 3.8) is 0 Å². The van der Waals surface area contributed by atoms with Crippen molar-refractivity contribution in [2.75, 3.05) is 24.1 Å². The molecule has 1 aliphatic rings. The van der Waals surface area contributed by atoms with Gasteiger partial charge in [-0.1, -0.05) is 0 Å². The lowest BCUT2D eigenvalue weighted by Gasteiger charge is -2.34. The van der Waals surface area contributed by atoms with E-state index in [4.69, 9.17) is 10.7 Å². The van der Waals surface area contributed by atoms with Crippen molar-refractivity contribution in [1.29, 1.82) is 0 Å². The maximum absolute atomic E-state index is 15.5. The van der Waals surface area contributed by atoms with Gasteiger partial charge in [0.1, 0.15) is 40.3 Å². The highest BCUT2D eigenvalue weighted by Gasteiger charge is 2.43. The van der Waals surface area contributed by atoms with Gasteiger partial charge in [0.25, 0.3) is 5.91 Å². The van der Waals surface area contributed by atoms with Crippen LogP contribution in [0.1, 0.15) is 41.5 Å². The highest BCUT2D eigenvalue weighted by Crippen LogP contribution is 2.38. The molecule has 13 heteroatoms. The average Bonchev–Trinajstić information content (AvgIpc) is 3.30. The van der Waals surface area contributed by atoms with E-state index in [-0.39, 0.29) is 34.2 Å². The minimum Gasteiger partial charge on any atom is -0.382 e. The van der Waals surface area contributed by atoms with Gasteiger partial charge < -0.3 is 16.4 Å². The molecule has 1 fully saturated rings. The molecule has 1 saturated heterocycles. The summed E-state index contributed by atoms with van der Waals surface area (Å²) < 4.78 is 56.1. The molecular weight excluding hydrogens is 518 g/mol. The van der Waals surface area contributed by atoms with E-state index in [0.29, 0.717) is 30.4 Å². The summed E-state index contributed by atoms with van der Waals surface area (Å²) in [6.45, 7) is 2.60. The van der Waals surface area contributed by atoms with Crippen molar-refractivity contribution in [2.45, 2.75) is 31.4 Å². The predicted molar refractivity (Wildman–Crippen MR) is 134 cm³/mol. The zero-order valence-electron chi connectivity index (χ0n) is 20.6. The van der Waals surface area contributed by atoms with Gasteiger partial charge in [-0.3, -0.25) is 14.0 Å². The predicted octanol–water partition coefficient (Wildman–Crippen LogP) is 3.99. The number of Topliss-reactive ketones (excluding diaryl/α,β-unsaturated/α-hetero) is 1. The Kier molecular flexibility index (Phi) is 6.54. The van der Waals surface area contributed by atoms with Crippen LogP contribution in [0, 0.1) is 5.82 Å². The molecule has 0 unspecified atom stereocenters. The van der Waals surface area contributed by atoms with Crippen molar-refractivity contribution in [1.82, 2.24) is 24.7 Å². The number of rotatable bonds is 5. The first-order valence-corrected chi connectivity index (χ1v) is 12.0. The lowest BCUT2D eigenvalue weighted by Crippen LogP contribution is -2.49. The number of anilines is 2. The van der Waals surface area contributed by atoms with Crippen LogP contribution in [0.25, 0.3) is 16.8 Å². The normalized spacial score (nSPS) is 17.8. The molecule has 9 nitrogen and oxygen atoms in total. The number of carbonyl (C=O) groups is 2. The van der Waals surface area contributed by atoms with E-state index >= 15 is 4.39 Å². The molecule has 0 spiro atoms. The van der Waals surface area contributed by atoms with Crippen LogP contribution in [0.3, 0.4) is 0 Å². The Morgan fingerprint density at radius 1 is 1.15 bits per heavy atom. The fourth-order valence-corrected chi connectivity index (χ4v) is 4.86. The minimum absolute atomic E-state index is 0.00895. The average molecular weight is 542 g/mol. The van der Waals surface area contributed by atoms with E-state index in [1.54, 1.807) is 10.6 Å². The zero-order valence-corrected chi connectivity index (χ0v) is 20.6. The molecule has 4 N–H and O–H groups in total. The number of ketones is 1. The quantitative estimate of drug-likeness (QED) is 0.326. The number of nitrogen functional groups attached to an aromatic ring is 1. The molecule has 0 bridgehead atoms. The number of carbonyl (C=O) groups excluding carboxylic acids is 2. The van der Waals surface area contributed by atoms with Gasteiger partial charge in [-0.2, -0.15) is 13.2 Å². The second-order valence-electron chi connectivity index (χ2n) is 9.31. The Morgan fingerprint density at radius 3 is 2.62 bits per heavy atom. The third-order valence-electron chi connectivity index (χ3n) is 6.88. The largest absolute Gasteiger partial charge is 0.416 e. The monoisotopic (exact) mass is 541 g/mol. The van der Waals surface area contributed by atoms with Crippen LogP contribution in [-0.4, -0.2) is 44.1 Å². The number of pyridine rings is 1. The molecule has 4 aromatic rings. The highest BCUT2D eigenvalue weighted by atomic mass is 19.4. The summed E-state index contributed by atoms with van der Waals surface area (Å²) in [5.74, 6) is -1.64. The van der Waals surface area contributed by atoms with Gasteiger partial charge in [0.15, 0.2) is 0 Å². The number of nitrogens with zero attached hydrogens (tertiary/aromatic N) is 4. The van der Waals surface area contributed by atoms with Crippen LogP contribution < -0.4 is 16.4 Å². The molecule has 202 valence electrons. The van der Waals surface area contributed by atoms with Crippen molar-refractivity contribution in [2.24, 2.45) is 0 Å². The van der Waals surface area contributed by atoms with Gasteiger partial charge >= 0.3 is 6.18 Å². The number of imidazole rings is 1. The zero-order chi connectivity index (χ0) is 27.9. The summed E-state index contributed by atoms with van der Waals surface area (Å²) in [5.41, 5.74) is 4.53. The van der Waals surface area contributed by atoms with E-state index in [9.17, 15) is 22.8 Å². The molecular formula is C26H23F4N7O2. The van der Waals surface area contributed by atoms with E-state index in [1.807, 2.05) is 0 Å². The van der Waals surface area contributed by atoms with Crippen LogP contribution in [0.15, 0.2) is 48.9 Å². The SMILES string of the molecule is CC(=O)[C@]1(c2nc(-c3ccc(C(=O)Nc4cc(C(F)(F)F)ccn4)cc3F)c3c(N)nccn23)CCCNC1. The minimum atomic E-state index is -4.62. The van der Waals surface area contributed by atoms with Gasteiger partial charge in [0.2, 0.25) is 0 Å². The van der Waals surface area contributed by atoms with E-state index in [2.05, 4.69) is 20.6 Å². The number of hydrogen-bond donors (Lipinski definition) is 3. The lowest BCUT2D eigenvalue weighted by molar-refractivity contribution is -0.137. The fraction of sp³-hybridized carbons (Fsp3) is 0.269. The maximum Gasteiger partial charge on any atom is 0.416 e. The standard InChI is InChI=1S/C26H23F4N7O2/c1-14(38)25(6-2-7-32-13-25)24-36-20(21-22(31)34-9-10-37(21)24)17-4-3-15(11-18(17)27)23(39)35-19-12-16(5-8-33-19)26(28,29)30/h3-5,8-12,32H,2,6-7,13H2,1H3,(H2,31,34)(H,33,35,39)/t25-/m0/s1. The van der Waals surface area contributed by atoms with Crippen LogP contribution in [-0.2, 0) is 16.4 Å². The van der Waals surface area contributed by atoms with Gasteiger partial charge in [0.05, 0.1) is 11.0 Å². The first-order valence-electron chi connectivity index (χ1n) is 12.0. The number of alkyl halides is 3. The number of nitrogens with one attached hydrogen (secondary N) is 2. The van der Waals surface area contributed by atoms with Crippen molar-refractivity contribution in [3.8, 4) is 11.3 Å². The maximum atomic E-state index is 15.5. The van der Waals surface area contributed by atoms with E-state index < -0.39 is 28.9 Å². The Morgan fingerprint density at radius 2 is 1.95 bits per heavy atom. The Labute approximate surface area is 219 Å². The van der Waals surface area contributed by atoms with Crippen molar-refractivity contribution in [3.05, 3.63) is 71.7 Å². The molecule has 3 aromatic heterocycles. The van der Waals surface area contributed by atoms with Gasteiger partial charge in [-0.25, -0.2) is 19.3 Å². The summed E-state index contributed by atoms with van der Waals surface area (Å²) in [6, 6.07) is 5.03. The Hall–Kier alpha value is -4.39. The highest BCUT2D eigenvalue weighted by molar-refractivity contribution is 6.04. The molecule has 1 aliphatic heterocycles. The molecule has 1 amide bonds. The molecule has 1 atom stereocenters. The van der Waals surface area contributed by atoms with Crippen LogP contribution in [0.2, 0.25) is 0 Å². The molecule has 0 radical (unpaired) electrons. The third-order valence-corrected chi connectivity index (χ3v) is 6.88. The Bertz CT molecular complexity index is 1590. The third kappa shape index (κ3) is 4.69. The Balaban J connectivity index is 1.54. The second-order valence-corrected chi connectivity index (χ2v) is 9.31.